The fourth-order valence-corrected chi connectivity index (χ4v) is 2.31. The molecule has 0 N–H and O–H groups in total. The summed E-state index contributed by atoms with van der Waals surface area (Å²) in [4.78, 5) is 10.6. The molecular weight excluding hydrogens is 254 g/mol. The van der Waals surface area contributed by atoms with Crippen molar-refractivity contribution in [2.45, 2.75) is 13.0 Å². The molecule has 0 bridgehead atoms. The smallest absolute Gasteiger partial charge is 0.181 e. The summed E-state index contributed by atoms with van der Waals surface area (Å²) in [5, 5.41) is 0. The van der Waals surface area contributed by atoms with Gasteiger partial charge < -0.3 is 14.1 Å². The van der Waals surface area contributed by atoms with Gasteiger partial charge in [-0.05, 0) is 19.1 Å². The maximum Gasteiger partial charge on any atom is 0.181 e. The van der Waals surface area contributed by atoms with Crippen LogP contribution in [-0.4, -0.2) is 37.1 Å². The summed E-state index contributed by atoms with van der Waals surface area (Å²) in [6.45, 7) is 4.58. The molecule has 1 unspecified atom stereocenters. The van der Waals surface area contributed by atoms with Crippen LogP contribution < -0.4 is 4.90 Å². The number of rotatable bonds is 5. The Morgan fingerprint density at radius 1 is 1.40 bits per heavy atom. The number of benzene rings is 1. The molecule has 0 aliphatic carbocycles. The highest BCUT2D eigenvalue weighted by atomic mass is 16.5. The van der Waals surface area contributed by atoms with Crippen molar-refractivity contribution in [1.82, 2.24) is 4.98 Å². The lowest BCUT2D eigenvalue weighted by molar-refractivity contribution is 0.328. The number of oxazole rings is 1. The molecule has 0 saturated heterocycles. The van der Waals surface area contributed by atoms with Gasteiger partial charge in [0, 0.05) is 24.3 Å². The van der Waals surface area contributed by atoms with Gasteiger partial charge in [-0.15, -0.1) is 0 Å². The fraction of sp³-hybridized carbons (Fsp3) is 0.333. The fourth-order valence-electron chi connectivity index (χ4n) is 2.31. The van der Waals surface area contributed by atoms with E-state index in [0.29, 0.717) is 6.61 Å². The third kappa shape index (κ3) is 2.66. The Balaban J connectivity index is 1.80. The minimum atomic E-state index is 0.212. The Morgan fingerprint density at radius 3 is 3.05 bits per heavy atom. The maximum atomic E-state index is 5.35. The van der Waals surface area contributed by atoms with E-state index in [1.54, 1.807) is 12.6 Å². The van der Waals surface area contributed by atoms with Gasteiger partial charge in [-0.2, -0.15) is 0 Å². The second kappa shape index (κ2) is 5.77. The van der Waals surface area contributed by atoms with Gasteiger partial charge in [-0.25, -0.2) is 9.98 Å². The van der Waals surface area contributed by atoms with Gasteiger partial charge in [0.1, 0.15) is 12.6 Å². The molecule has 0 amide bonds. The SMILES string of the molecule is CCN(CC1COC=N1)c1cccc(-c2cnco2)c1. The topological polar surface area (TPSA) is 50.9 Å². The highest BCUT2D eigenvalue weighted by Gasteiger charge is 2.16. The molecule has 1 aliphatic heterocycles. The lowest BCUT2D eigenvalue weighted by Gasteiger charge is -2.25. The van der Waals surface area contributed by atoms with Crippen LogP contribution in [0.2, 0.25) is 0 Å². The standard InChI is InChI=1S/C15H17N3O2/c1-2-18(8-13-9-19-11-17-13)14-5-3-4-12(6-14)15-7-16-10-20-15/h3-7,10-11,13H,2,8-9H2,1H3. The minimum Gasteiger partial charge on any atom is -0.481 e. The molecule has 1 aromatic carbocycles. The zero-order chi connectivity index (χ0) is 13.8. The summed E-state index contributed by atoms with van der Waals surface area (Å²) >= 11 is 0. The van der Waals surface area contributed by atoms with E-state index in [1.165, 1.54) is 6.39 Å². The first-order valence-corrected chi connectivity index (χ1v) is 6.74. The minimum absolute atomic E-state index is 0.212. The molecule has 0 radical (unpaired) electrons. The van der Waals surface area contributed by atoms with Crippen molar-refractivity contribution in [2.24, 2.45) is 4.99 Å². The molecule has 1 aromatic heterocycles. The number of hydrogen-bond acceptors (Lipinski definition) is 5. The number of ether oxygens (including phenoxy) is 1. The number of nitrogens with zero attached hydrogens (tertiary/aromatic N) is 3. The summed E-state index contributed by atoms with van der Waals surface area (Å²) in [6, 6.07) is 8.48. The molecule has 2 aromatic rings. The van der Waals surface area contributed by atoms with E-state index in [1.807, 2.05) is 12.1 Å². The Labute approximate surface area is 117 Å². The molecule has 0 spiro atoms. The van der Waals surface area contributed by atoms with Crippen LogP contribution in [0.5, 0.6) is 0 Å². The van der Waals surface area contributed by atoms with Crippen molar-refractivity contribution in [3.05, 3.63) is 36.9 Å². The van der Waals surface area contributed by atoms with E-state index in [-0.39, 0.29) is 6.04 Å². The predicted octanol–water partition coefficient (Wildman–Crippen LogP) is 2.60. The highest BCUT2D eigenvalue weighted by Crippen LogP contribution is 2.24. The summed E-state index contributed by atoms with van der Waals surface area (Å²) in [6.07, 6.45) is 4.72. The first-order chi connectivity index (χ1) is 9.86. The number of hydrogen-bond donors (Lipinski definition) is 0. The molecule has 1 atom stereocenters. The van der Waals surface area contributed by atoms with E-state index in [2.05, 4.69) is 33.9 Å². The predicted molar refractivity (Wildman–Crippen MR) is 78.1 cm³/mol. The summed E-state index contributed by atoms with van der Waals surface area (Å²) < 4.78 is 10.5. The second-order valence-electron chi connectivity index (χ2n) is 4.70. The Morgan fingerprint density at radius 2 is 2.35 bits per heavy atom. The largest absolute Gasteiger partial charge is 0.481 e. The molecule has 20 heavy (non-hydrogen) atoms. The molecule has 0 saturated carbocycles. The van der Waals surface area contributed by atoms with Crippen LogP contribution in [0.3, 0.4) is 0 Å². The van der Waals surface area contributed by atoms with Crippen LogP contribution in [0.4, 0.5) is 5.69 Å². The summed E-state index contributed by atoms with van der Waals surface area (Å²) in [7, 11) is 0. The van der Waals surface area contributed by atoms with Gasteiger partial charge in [-0.1, -0.05) is 12.1 Å². The van der Waals surface area contributed by atoms with E-state index in [4.69, 9.17) is 9.15 Å². The van der Waals surface area contributed by atoms with Crippen LogP contribution >= 0.6 is 0 Å². The van der Waals surface area contributed by atoms with E-state index < -0.39 is 0 Å². The summed E-state index contributed by atoms with van der Waals surface area (Å²) in [5.41, 5.74) is 2.19. The Bertz CT molecular complexity index is 581. The van der Waals surface area contributed by atoms with Crippen LogP contribution in [0, 0.1) is 0 Å². The second-order valence-corrected chi connectivity index (χ2v) is 4.70. The van der Waals surface area contributed by atoms with E-state index >= 15 is 0 Å². The zero-order valence-corrected chi connectivity index (χ0v) is 11.4. The molecule has 0 fully saturated rings. The average Bonchev–Trinajstić information content (AvgIpc) is 3.18. The van der Waals surface area contributed by atoms with Gasteiger partial charge in [0.25, 0.3) is 0 Å². The molecule has 104 valence electrons. The van der Waals surface area contributed by atoms with Crippen LogP contribution in [0.25, 0.3) is 11.3 Å². The Kier molecular flexibility index (Phi) is 3.67. The first kappa shape index (κ1) is 12.7. The lowest BCUT2D eigenvalue weighted by Crippen LogP contribution is -2.32. The maximum absolute atomic E-state index is 5.35. The average molecular weight is 271 g/mol. The Hall–Kier alpha value is -2.30. The van der Waals surface area contributed by atoms with Gasteiger partial charge in [0.05, 0.1) is 6.20 Å². The highest BCUT2D eigenvalue weighted by molar-refractivity contribution is 5.64. The van der Waals surface area contributed by atoms with Gasteiger partial charge >= 0.3 is 0 Å². The molecule has 3 rings (SSSR count). The normalized spacial score (nSPS) is 17.1. The van der Waals surface area contributed by atoms with Crippen molar-refractivity contribution in [2.75, 3.05) is 24.6 Å². The van der Waals surface area contributed by atoms with Crippen molar-refractivity contribution in [3.63, 3.8) is 0 Å². The van der Waals surface area contributed by atoms with Crippen molar-refractivity contribution in [3.8, 4) is 11.3 Å². The monoisotopic (exact) mass is 271 g/mol. The van der Waals surface area contributed by atoms with Crippen LogP contribution in [0.15, 0.2) is 46.3 Å². The quantitative estimate of drug-likeness (QED) is 0.838. The number of aromatic nitrogens is 1. The van der Waals surface area contributed by atoms with Crippen molar-refractivity contribution in [1.29, 1.82) is 0 Å². The molecule has 1 aliphatic rings. The van der Waals surface area contributed by atoms with Gasteiger partial charge in [0.15, 0.2) is 18.6 Å². The van der Waals surface area contributed by atoms with Crippen LogP contribution in [-0.2, 0) is 4.74 Å². The molecule has 5 heteroatoms. The number of aliphatic imine (C=N–C) groups is 1. The lowest BCUT2D eigenvalue weighted by atomic mass is 10.1. The van der Waals surface area contributed by atoms with E-state index in [9.17, 15) is 0 Å². The van der Waals surface area contributed by atoms with E-state index in [0.717, 1.165) is 30.1 Å². The molecule has 2 heterocycles. The third-order valence-electron chi connectivity index (χ3n) is 3.38. The van der Waals surface area contributed by atoms with Crippen molar-refractivity contribution >= 4 is 12.1 Å². The summed E-state index contributed by atoms with van der Waals surface area (Å²) in [5.74, 6) is 0.783. The van der Waals surface area contributed by atoms with Gasteiger partial charge in [0.2, 0.25) is 0 Å². The zero-order valence-electron chi connectivity index (χ0n) is 11.4. The van der Waals surface area contributed by atoms with Gasteiger partial charge in [-0.3, -0.25) is 0 Å². The van der Waals surface area contributed by atoms with Crippen molar-refractivity contribution < 1.29 is 9.15 Å². The number of anilines is 1. The first-order valence-electron chi connectivity index (χ1n) is 6.74. The van der Waals surface area contributed by atoms with Crippen LogP contribution in [0.1, 0.15) is 6.92 Å². The third-order valence-corrected chi connectivity index (χ3v) is 3.38. The molecule has 5 nitrogen and oxygen atoms in total. The molecular formula is C15H17N3O2. The number of likely N-dealkylation sites (N-methyl/N-ethyl adjacent to an activating group) is 1.